The molecule has 1 aliphatic carbocycles. The van der Waals surface area contributed by atoms with Gasteiger partial charge in [-0.1, -0.05) is 173 Å². The molecular weight excluding hydrogens is 781 g/mol. The van der Waals surface area contributed by atoms with Gasteiger partial charge in [0.25, 0.3) is 0 Å². The highest BCUT2D eigenvalue weighted by Gasteiger charge is 2.36. The van der Waals surface area contributed by atoms with Crippen molar-refractivity contribution < 1.29 is 4.42 Å². The molecule has 1 nitrogen and oxygen atoms in total. The zero-order valence-electron chi connectivity index (χ0n) is 35.1. The molecule has 63 heavy (non-hydrogen) atoms. The predicted molar refractivity (Wildman–Crippen MR) is 272 cm³/mol. The summed E-state index contributed by atoms with van der Waals surface area (Å²) in [5.74, 6) is 0. The molecule has 0 atom stereocenters. The number of allylic oxidation sites excluding steroid dienone is 1. The van der Waals surface area contributed by atoms with E-state index < -0.39 is 0 Å². The van der Waals surface area contributed by atoms with Crippen LogP contribution in [-0.4, -0.2) is 0 Å². The first-order valence-electron chi connectivity index (χ1n) is 21.7. The van der Waals surface area contributed by atoms with E-state index in [1.165, 1.54) is 108 Å². The van der Waals surface area contributed by atoms with Crippen molar-refractivity contribution in [1.82, 2.24) is 0 Å². The average Bonchev–Trinajstić information content (AvgIpc) is 3.94. The zero-order chi connectivity index (χ0) is 42.1. The van der Waals surface area contributed by atoms with Gasteiger partial charge in [-0.2, -0.15) is 0 Å². The van der Waals surface area contributed by atoms with Crippen molar-refractivity contribution >= 4 is 104 Å². The van der Waals surface area contributed by atoms with Crippen LogP contribution in [0.2, 0.25) is 0 Å². The van der Waals surface area contributed by atoms with Crippen molar-refractivity contribution in [2.45, 2.75) is 19.3 Å². The third-order valence-corrected chi connectivity index (χ3v) is 15.2. The minimum Gasteiger partial charge on any atom is -0.456 e. The number of benzene rings is 10. The molecule has 12 aromatic rings. The lowest BCUT2D eigenvalue weighted by atomic mass is 9.80. The van der Waals surface area contributed by atoms with Crippen LogP contribution in [0.15, 0.2) is 187 Å². The summed E-state index contributed by atoms with van der Waals surface area (Å²) in [4.78, 5) is 0. The molecule has 0 saturated heterocycles. The van der Waals surface area contributed by atoms with Crippen LogP contribution in [0.5, 0.6) is 0 Å². The van der Waals surface area contributed by atoms with E-state index in [1.807, 2.05) is 11.3 Å². The molecule has 0 saturated carbocycles. The van der Waals surface area contributed by atoms with Gasteiger partial charge in [-0.15, -0.1) is 11.3 Å². The lowest BCUT2D eigenvalue weighted by molar-refractivity contribution is 0.576. The molecule has 0 spiro atoms. The van der Waals surface area contributed by atoms with E-state index in [0.717, 1.165) is 32.7 Å². The summed E-state index contributed by atoms with van der Waals surface area (Å²) in [5.41, 5.74) is 13.6. The highest BCUT2D eigenvalue weighted by atomic mass is 32.1. The van der Waals surface area contributed by atoms with Gasteiger partial charge in [-0.3, -0.25) is 0 Å². The quantitative estimate of drug-likeness (QED) is 0.161. The molecule has 10 aromatic carbocycles. The van der Waals surface area contributed by atoms with Crippen LogP contribution in [0.25, 0.3) is 126 Å². The highest BCUT2D eigenvalue weighted by molar-refractivity contribution is 7.26. The van der Waals surface area contributed by atoms with Crippen molar-refractivity contribution in [2.24, 2.45) is 0 Å². The van der Waals surface area contributed by atoms with Crippen LogP contribution in [-0.2, 0) is 5.41 Å². The summed E-state index contributed by atoms with van der Waals surface area (Å²) in [6.07, 6.45) is 2.07. The molecule has 0 N–H and O–H groups in total. The molecule has 0 amide bonds. The Balaban J connectivity index is 0.905. The van der Waals surface area contributed by atoms with Crippen LogP contribution in [0.4, 0.5) is 0 Å². The number of hydrogen-bond acceptors (Lipinski definition) is 2. The molecule has 1 aliphatic rings. The van der Waals surface area contributed by atoms with Crippen molar-refractivity contribution in [3.8, 4) is 33.4 Å². The van der Waals surface area contributed by atoms with E-state index in [9.17, 15) is 0 Å². The second kappa shape index (κ2) is 13.2. The Morgan fingerprint density at radius 2 is 1.11 bits per heavy atom. The van der Waals surface area contributed by atoms with Crippen LogP contribution < -0.4 is 10.6 Å². The summed E-state index contributed by atoms with van der Waals surface area (Å²) >= 11 is 1.85. The first kappa shape index (κ1) is 36.2. The number of thiophene rings is 1. The molecule has 2 heterocycles. The Hall–Kier alpha value is -7.52. The van der Waals surface area contributed by atoms with Gasteiger partial charge < -0.3 is 4.42 Å². The minimum atomic E-state index is -0.237. The van der Waals surface area contributed by atoms with E-state index in [1.54, 1.807) is 0 Å². The Bertz CT molecular complexity index is 4040. The topological polar surface area (TPSA) is 13.1 Å². The lowest BCUT2D eigenvalue weighted by Gasteiger charge is -2.23. The van der Waals surface area contributed by atoms with Gasteiger partial charge in [0.05, 0.1) is 0 Å². The summed E-state index contributed by atoms with van der Waals surface area (Å²) in [5, 5.41) is 14.5. The lowest BCUT2D eigenvalue weighted by Crippen LogP contribution is -2.18. The van der Waals surface area contributed by atoms with E-state index in [4.69, 9.17) is 4.42 Å². The van der Waals surface area contributed by atoms with Gasteiger partial charge in [0.15, 0.2) is 0 Å². The second-order valence-electron chi connectivity index (χ2n) is 17.7. The van der Waals surface area contributed by atoms with Gasteiger partial charge in [0.2, 0.25) is 0 Å². The normalized spacial score (nSPS) is 13.6. The van der Waals surface area contributed by atoms with Gasteiger partial charge >= 0.3 is 0 Å². The number of fused-ring (bicyclic) bond motifs is 13. The van der Waals surface area contributed by atoms with Crippen molar-refractivity contribution in [3.05, 3.63) is 210 Å². The fourth-order valence-corrected chi connectivity index (χ4v) is 12.1. The fourth-order valence-electron chi connectivity index (χ4n) is 10.9. The van der Waals surface area contributed by atoms with E-state index in [0.29, 0.717) is 0 Å². The summed E-state index contributed by atoms with van der Waals surface area (Å²) in [6.45, 7) is 13.9. The Labute approximate surface area is 368 Å². The summed E-state index contributed by atoms with van der Waals surface area (Å²) < 4.78 is 9.15. The molecule has 0 bridgehead atoms. The van der Waals surface area contributed by atoms with E-state index in [-0.39, 0.29) is 5.41 Å². The van der Waals surface area contributed by atoms with E-state index in [2.05, 4.69) is 209 Å². The van der Waals surface area contributed by atoms with Crippen molar-refractivity contribution in [2.75, 3.05) is 0 Å². The van der Waals surface area contributed by atoms with Crippen molar-refractivity contribution in [1.29, 1.82) is 0 Å². The zero-order valence-corrected chi connectivity index (χ0v) is 35.9. The molecular formula is C61H40OS. The van der Waals surface area contributed by atoms with Crippen molar-refractivity contribution in [3.63, 3.8) is 0 Å². The van der Waals surface area contributed by atoms with Crippen LogP contribution in [0, 0.1) is 0 Å². The first-order valence-corrected chi connectivity index (χ1v) is 22.5. The summed E-state index contributed by atoms with van der Waals surface area (Å²) in [6, 6.07) is 64.8. The molecule has 296 valence electrons. The van der Waals surface area contributed by atoms with Gasteiger partial charge in [-0.25, -0.2) is 0 Å². The van der Waals surface area contributed by atoms with Gasteiger partial charge in [0.1, 0.15) is 11.0 Å². The van der Waals surface area contributed by atoms with E-state index >= 15 is 0 Å². The monoisotopic (exact) mass is 820 g/mol. The average molecular weight is 821 g/mol. The maximum Gasteiger partial charge on any atom is 0.136 e. The largest absolute Gasteiger partial charge is 0.456 e. The maximum absolute atomic E-state index is 6.55. The molecule has 0 fully saturated rings. The standard InChI is InChI=1S/C61H40OS/c1-35(32-55-36(2)57-49-28-29-50-43-17-11-12-23-56(43)63-60(50)51(49)30-31-54(57)62-55)38-24-26-41-42-27-25-39(34-53(42)61(3,4)52(41)33-38)58-45-18-7-9-20-47(45)59(48-21-10-8-19-46(48)58)44-22-13-15-37-14-5-6-16-40(37)44/h5-34H,1-2H2,3-4H3/b55-32+. The molecule has 2 aromatic heterocycles. The number of furan rings is 1. The third-order valence-electron chi connectivity index (χ3n) is 14.0. The molecule has 0 aliphatic heterocycles. The molecule has 13 rings (SSSR count). The van der Waals surface area contributed by atoms with Gasteiger partial charge in [0, 0.05) is 41.6 Å². The minimum absolute atomic E-state index is 0.237. The molecule has 0 radical (unpaired) electrons. The summed E-state index contributed by atoms with van der Waals surface area (Å²) in [7, 11) is 0. The third kappa shape index (κ3) is 5.16. The number of hydrogen-bond donors (Lipinski definition) is 0. The first-order chi connectivity index (χ1) is 30.8. The predicted octanol–water partition coefficient (Wildman–Crippen LogP) is 16.0. The SMILES string of the molecule is C=C(/C=c1/oc2ccc3c(ccc4c5ccccc5sc43)c2c1=C)c1ccc2c(c1)C(C)(C)c1cc(-c3c4ccccc4c(-c4cccc5ccccc45)c4ccccc34)ccc1-2. The highest BCUT2D eigenvalue weighted by Crippen LogP contribution is 2.52. The number of rotatable bonds is 4. The van der Waals surface area contributed by atoms with Gasteiger partial charge in [-0.05, 0) is 130 Å². The second-order valence-corrected chi connectivity index (χ2v) is 18.8. The Morgan fingerprint density at radius 3 is 1.87 bits per heavy atom. The molecule has 0 unspecified atom stereocenters. The van der Waals surface area contributed by atoms with Crippen LogP contribution in [0.3, 0.4) is 0 Å². The Morgan fingerprint density at radius 1 is 0.524 bits per heavy atom. The Kier molecular flexibility index (Phi) is 7.60. The van der Waals surface area contributed by atoms with Crippen LogP contribution in [0.1, 0.15) is 30.5 Å². The van der Waals surface area contributed by atoms with Crippen LogP contribution >= 0.6 is 11.3 Å². The maximum atomic E-state index is 6.55. The fraction of sp³-hybridized carbons (Fsp3) is 0.0492. The molecule has 2 heteroatoms. The smallest absolute Gasteiger partial charge is 0.136 e.